The van der Waals surface area contributed by atoms with E-state index in [-0.39, 0.29) is 48.6 Å². The fourth-order valence-electron chi connectivity index (χ4n) is 4.97. The summed E-state index contributed by atoms with van der Waals surface area (Å²) in [5, 5.41) is 11.8. The molecule has 1 aromatic carbocycles. The molecule has 0 fully saturated rings. The number of cyclic esters (lactones) is 1. The van der Waals surface area contributed by atoms with E-state index in [9.17, 15) is 24.2 Å². The molecule has 0 saturated carbocycles. The summed E-state index contributed by atoms with van der Waals surface area (Å²) in [7, 11) is -4.26. The first-order valence-electron chi connectivity index (χ1n) is 11.9. The number of aliphatic hydroxyl groups is 1. The second-order valence-corrected chi connectivity index (χ2v) is 10.3. The van der Waals surface area contributed by atoms with Crippen LogP contribution in [-0.4, -0.2) is 32.1 Å². The first-order chi connectivity index (χ1) is 17.1. The van der Waals surface area contributed by atoms with Crippen LogP contribution in [-0.2, 0) is 43.8 Å². The number of carbonyl (C=O) groups is 1. The highest BCUT2D eigenvalue weighted by molar-refractivity contribution is 7.47. The number of hydrogen-bond donors (Lipinski definition) is 2. The predicted octanol–water partition coefficient (Wildman–Crippen LogP) is 3.55. The van der Waals surface area contributed by atoms with Crippen molar-refractivity contribution in [3.8, 4) is 17.1 Å². The average molecular weight is 514 g/mol. The minimum absolute atomic E-state index is 0.0689. The summed E-state index contributed by atoms with van der Waals surface area (Å²) >= 11 is 0. The molecule has 0 amide bonds. The molecule has 2 aromatic heterocycles. The van der Waals surface area contributed by atoms with Crippen molar-refractivity contribution in [2.45, 2.75) is 58.8 Å². The summed E-state index contributed by atoms with van der Waals surface area (Å²) in [6.45, 7) is 5.63. The van der Waals surface area contributed by atoms with Crippen LogP contribution in [0.25, 0.3) is 22.3 Å². The Bertz CT molecular complexity index is 1510. The van der Waals surface area contributed by atoms with Gasteiger partial charge in [-0.1, -0.05) is 20.8 Å². The van der Waals surface area contributed by atoms with Crippen molar-refractivity contribution in [2.75, 3.05) is 6.61 Å². The maximum atomic E-state index is 13.4. The summed E-state index contributed by atoms with van der Waals surface area (Å²) in [5.74, 6) is -0.592. The van der Waals surface area contributed by atoms with Crippen LogP contribution < -0.4 is 10.1 Å². The van der Waals surface area contributed by atoms with E-state index in [0.717, 1.165) is 16.5 Å². The predicted molar refractivity (Wildman–Crippen MR) is 131 cm³/mol. The number of rotatable bonds is 7. The number of phosphoric ester groups is 1. The molecule has 2 N–H and O–H groups in total. The van der Waals surface area contributed by atoms with Crippen LogP contribution in [0.2, 0.25) is 0 Å². The molecule has 0 bridgehead atoms. The molecule has 4 heterocycles. The minimum Gasteiger partial charge on any atom is -0.458 e. The van der Waals surface area contributed by atoms with Crippen molar-refractivity contribution in [1.29, 1.82) is 0 Å². The lowest BCUT2D eigenvalue weighted by Gasteiger charge is -2.31. The van der Waals surface area contributed by atoms with Crippen molar-refractivity contribution in [3.05, 3.63) is 56.9 Å². The van der Waals surface area contributed by atoms with E-state index >= 15 is 0 Å². The van der Waals surface area contributed by atoms with Crippen LogP contribution in [0.15, 0.2) is 29.1 Å². The van der Waals surface area contributed by atoms with Crippen molar-refractivity contribution in [1.82, 2.24) is 9.55 Å². The van der Waals surface area contributed by atoms with E-state index in [1.807, 2.05) is 13.8 Å². The van der Waals surface area contributed by atoms with Gasteiger partial charge in [-0.25, -0.2) is 14.3 Å². The first-order valence-corrected chi connectivity index (χ1v) is 13.4. The third-order valence-electron chi connectivity index (χ3n) is 6.81. The molecule has 0 aliphatic carbocycles. The number of aromatic nitrogens is 2. The van der Waals surface area contributed by atoms with Gasteiger partial charge in [0.2, 0.25) is 0 Å². The number of hydrogen-bond acceptors (Lipinski definition) is 8. The van der Waals surface area contributed by atoms with Crippen molar-refractivity contribution >= 4 is 24.7 Å². The number of carbonyl (C=O) groups excluding carboxylic acids is 1. The maximum Gasteiger partial charge on any atom is 0.527 e. The van der Waals surface area contributed by atoms with E-state index in [1.54, 1.807) is 35.8 Å². The number of ether oxygens (including phenoxy) is 1. The topological polar surface area (TPSA) is 137 Å². The monoisotopic (exact) mass is 514 g/mol. The molecule has 1 unspecified atom stereocenters. The van der Waals surface area contributed by atoms with Crippen LogP contribution in [0.1, 0.15) is 55.9 Å². The zero-order valence-corrected chi connectivity index (χ0v) is 21.1. The van der Waals surface area contributed by atoms with Gasteiger partial charge >= 0.3 is 13.8 Å². The molecule has 0 radical (unpaired) electrons. The highest BCUT2D eigenvalue weighted by Gasteiger charge is 2.45. The molecule has 0 saturated heterocycles. The smallest absolute Gasteiger partial charge is 0.458 e. The van der Waals surface area contributed by atoms with Crippen LogP contribution in [0.3, 0.4) is 0 Å². The Morgan fingerprint density at radius 2 is 1.97 bits per heavy atom. The largest absolute Gasteiger partial charge is 0.527 e. The lowest BCUT2D eigenvalue weighted by Crippen LogP contribution is -2.44. The van der Waals surface area contributed by atoms with Crippen LogP contribution in [0.5, 0.6) is 5.75 Å². The molecule has 2 atom stereocenters. The highest BCUT2D eigenvalue weighted by atomic mass is 31.2. The summed E-state index contributed by atoms with van der Waals surface area (Å²) in [4.78, 5) is 40.6. The average Bonchev–Trinajstić information content (AvgIpc) is 3.22. The van der Waals surface area contributed by atoms with Gasteiger partial charge in [0.05, 0.1) is 35.6 Å². The van der Waals surface area contributed by atoms with Gasteiger partial charge < -0.3 is 18.9 Å². The summed E-state index contributed by atoms with van der Waals surface area (Å²) in [6.07, 6.45) is 1.25. The summed E-state index contributed by atoms with van der Waals surface area (Å²) in [6, 6.07) is 6.55. The molecule has 10 nitrogen and oxygen atoms in total. The van der Waals surface area contributed by atoms with Crippen molar-refractivity contribution in [2.24, 2.45) is 0 Å². The number of pyridine rings is 2. The zero-order valence-electron chi connectivity index (χ0n) is 20.2. The minimum atomic E-state index is -4.26. The third kappa shape index (κ3) is 3.76. The highest BCUT2D eigenvalue weighted by Crippen LogP contribution is 2.45. The molecule has 11 heteroatoms. The lowest BCUT2D eigenvalue weighted by atomic mass is 9.86. The molecular formula is C25H27N2O8P. The van der Waals surface area contributed by atoms with Gasteiger partial charge in [0.1, 0.15) is 12.4 Å². The number of fused-ring (bicyclic) bond motifs is 5. The Morgan fingerprint density at radius 3 is 2.67 bits per heavy atom. The van der Waals surface area contributed by atoms with Gasteiger partial charge in [-0.15, -0.1) is 0 Å². The lowest BCUT2D eigenvalue weighted by molar-refractivity contribution is -0.172. The van der Waals surface area contributed by atoms with Crippen molar-refractivity contribution in [3.63, 3.8) is 0 Å². The van der Waals surface area contributed by atoms with Gasteiger partial charge in [-0.05, 0) is 49.1 Å². The molecule has 190 valence electrons. The molecule has 36 heavy (non-hydrogen) atoms. The Balaban J connectivity index is 1.65. The quantitative estimate of drug-likeness (QED) is 0.280. The van der Waals surface area contributed by atoms with Crippen LogP contribution in [0, 0.1) is 0 Å². The number of aryl methyl sites for hydroxylation is 1. The Labute approximate surface area is 207 Å². The molecule has 2 aliphatic heterocycles. The van der Waals surface area contributed by atoms with Gasteiger partial charge in [0.25, 0.3) is 5.56 Å². The molecule has 3 aromatic rings. The van der Waals surface area contributed by atoms with Gasteiger partial charge in [-0.2, -0.15) is 0 Å². The Hall–Kier alpha value is -3.04. The SMILES string of the molecule is CCCOP(=O)(O)Oc1ccc2nc3c(c(CC)c2c1)Cn1c-3cc2c(c1=O)COC(=O)[C@]2(O)CC. The molecule has 5 rings (SSSR count). The van der Waals surface area contributed by atoms with Gasteiger partial charge in [-0.3, -0.25) is 14.2 Å². The summed E-state index contributed by atoms with van der Waals surface area (Å²) < 4.78 is 29.1. The fourth-order valence-corrected chi connectivity index (χ4v) is 5.81. The van der Waals surface area contributed by atoms with Crippen LogP contribution >= 0.6 is 7.82 Å². The van der Waals surface area contributed by atoms with E-state index < -0.39 is 19.4 Å². The van der Waals surface area contributed by atoms with Gasteiger partial charge in [0.15, 0.2) is 5.60 Å². The van der Waals surface area contributed by atoms with E-state index in [4.69, 9.17) is 18.8 Å². The standard InChI is InChI=1S/C25H27N2O8P/c1-4-9-34-36(31,32)35-14-7-8-20-16(10-14)15(5-2)17-12-27-21(22(17)26-20)11-19-18(23(27)28)13-33-24(29)25(19,30)6-3/h7-8,10-11,30H,4-6,9,12-13H2,1-3H3,(H,31,32)/t25-/m0/s1. The zero-order chi connectivity index (χ0) is 25.8. The molecule has 0 spiro atoms. The van der Waals surface area contributed by atoms with E-state index in [0.29, 0.717) is 29.7 Å². The normalized spacial score (nSPS) is 19.9. The van der Waals surface area contributed by atoms with Crippen molar-refractivity contribution < 1.29 is 33.1 Å². The second kappa shape index (κ2) is 8.81. The van der Waals surface area contributed by atoms with E-state index in [2.05, 4.69) is 0 Å². The van der Waals surface area contributed by atoms with Crippen LogP contribution in [0.4, 0.5) is 0 Å². The molecule has 2 aliphatic rings. The van der Waals surface area contributed by atoms with E-state index in [1.165, 1.54) is 0 Å². The first kappa shape index (κ1) is 24.6. The van der Waals surface area contributed by atoms with Gasteiger partial charge in [0, 0.05) is 16.5 Å². The third-order valence-corrected chi connectivity index (χ3v) is 7.76. The number of nitrogens with zero attached hydrogens (tertiary/aromatic N) is 2. The number of esters is 1. The maximum absolute atomic E-state index is 13.4. The Kier molecular flexibility index (Phi) is 6.03. The fraction of sp³-hybridized carbons (Fsp3) is 0.400. The number of benzene rings is 1. The number of phosphoric acid groups is 1. The second-order valence-electron chi connectivity index (χ2n) is 8.95. The Morgan fingerprint density at radius 1 is 1.19 bits per heavy atom. The summed E-state index contributed by atoms with van der Waals surface area (Å²) in [5.41, 5.74) is 1.81. The molecular weight excluding hydrogens is 487 g/mol.